The van der Waals surface area contributed by atoms with Gasteiger partial charge in [-0.2, -0.15) is 0 Å². The molecule has 1 atom stereocenters. The first-order chi connectivity index (χ1) is 8.04. The molecular formula is C11H19N3O2S. The zero-order chi connectivity index (χ0) is 12.8. The molecule has 2 amide bonds. The minimum Gasteiger partial charge on any atom is -0.394 e. The normalized spacial score (nSPS) is 12.2. The van der Waals surface area contributed by atoms with Crippen molar-refractivity contribution in [3.63, 3.8) is 0 Å². The molecule has 5 nitrogen and oxygen atoms in total. The van der Waals surface area contributed by atoms with Crippen molar-refractivity contribution in [3.05, 3.63) is 16.1 Å². The van der Waals surface area contributed by atoms with Crippen LogP contribution in [0.4, 0.5) is 4.79 Å². The molecule has 0 bridgehead atoms. The summed E-state index contributed by atoms with van der Waals surface area (Å²) in [6.45, 7) is 4.28. The number of likely N-dealkylation sites (N-methyl/N-ethyl adjacent to an activating group) is 1. The highest BCUT2D eigenvalue weighted by Gasteiger charge is 2.13. The molecule has 0 aromatic carbocycles. The predicted molar refractivity (Wildman–Crippen MR) is 68.3 cm³/mol. The maximum Gasteiger partial charge on any atom is 0.317 e. The van der Waals surface area contributed by atoms with Gasteiger partial charge in [0.2, 0.25) is 0 Å². The Balaban J connectivity index is 2.29. The van der Waals surface area contributed by atoms with Crippen LogP contribution in [-0.4, -0.2) is 47.3 Å². The second-order valence-electron chi connectivity index (χ2n) is 3.98. The van der Waals surface area contributed by atoms with Crippen molar-refractivity contribution in [2.24, 2.45) is 0 Å². The van der Waals surface area contributed by atoms with Gasteiger partial charge in [0.1, 0.15) is 0 Å². The predicted octanol–water partition coefficient (Wildman–Crippen LogP) is 1.02. The van der Waals surface area contributed by atoms with Gasteiger partial charge >= 0.3 is 6.03 Å². The molecular weight excluding hydrogens is 238 g/mol. The lowest BCUT2D eigenvalue weighted by Crippen LogP contribution is -2.44. The monoisotopic (exact) mass is 257 g/mol. The van der Waals surface area contributed by atoms with E-state index in [1.165, 1.54) is 4.90 Å². The number of nitrogens with zero attached hydrogens (tertiary/aromatic N) is 2. The van der Waals surface area contributed by atoms with Crippen molar-refractivity contribution in [2.75, 3.05) is 20.2 Å². The van der Waals surface area contributed by atoms with Gasteiger partial charge < -0.3 is 15.3 Å². The molecule has 96 valence electrons. The first-order valence-corrected chi connectivity index (χ1v) is 6.45. The Hall–Kier alpha value is -1.14. The number of aromatic nitrogens is 1. The van der Waals surface area contributed by atoms with E-state index in [2.05, 4.69) is 10.3 Å². The first-order valence-electron chi connectivity index (χ1n) is 5.57. The number of aliphatic hydroxyl groups excluding tert-OH is 1. The number of nitrogens with one attached hydrogen (secondary N) is 1. The van der Waals surface area contributed by atoms with Gasteiger partial charge in [-0.25, -0.2) is 9.78 Å². The van der Waals surface area contributed by atoms with Crippen LogP contribution in [0, 0.1) is 6.92 Å². The summed E-state index contributed by atoms with van der Waals surface area (Å²) in [5, 5.41) is 14.8. The lowest BCUT2D eigenvalue weighted by molar-refractivity contribution is 0.157. The van der Waals surface area contributed by atoms with Crippen LogP contribution in [0.25, 0.3) is 0 Å². The molecule has 0 aliphatic heterocycles. The summed E-state index contributed by atoms with van der Waals surface area (Å²) in [5.74, 6) is 0. The highest BCUT2D eigenvalue weighted by atomic mass is 32.1. The van der Waals surface area contributed by atoms with Crippen LogP contribution in [0.1, 0.15) is 17.6 Å². The van der Waals surface area contributed by atoms with Gasteiger partial charge in [0, 0.05) is 25.4 Å². The zero-order valence-electron chi connectivity index (χ0n) is 10.4. The van der Waals surface area contributed by atoms with Crippen LogP contribution < -0.4 is 5.32 Å². The largest absolute Gasteiger partial charge is 0.394 e. The quantitative estimate of drug-likeness (QED) is 0.827. The molecule has 0 spiro atoms. The number of thiazole rings is 1. The van der Waals surface area contributed by atoms with Crippen molar-refractivity contribution in [1.82, 2.24) is 15.2 Å². The molecule has 0 saturated carbocycles. The highest BCUT2D eigenvalue weighted by molar-refractivity contribution is 7.09. The number of urea groups is 1. The molecule has 1 unspecified atom stereocenters. The number of amides is 2. The minimum atomic E-state index is -0.170. The Kier molecular flexibility index (Phi) is 5.37. The Morgan fingerprint density at radius 2 is 2.41 bits per heavy atom. The van der Waals surface area contributed by atoms with Crippen LogP contribution in [0.3, 0.4) is 0 Å². The van der Waals surface area contributed by atoms with Gasteiger partial charge in [0.25, 0.3) is 0 Å². The van der Waals surface area contributed by atoms with Crippen LogP contribution in [0.5, 0.6) is 0 Å². The third-order valence-corrected chi connectivity index (χ3v) is 3.39. The number of hydrogen-bond donors (Lipinski definition) is 2. The lowest BCUT2D eigenvalue weighted by Gasteiger charge is -2.23. The fraction of sp³-hybridized carbons (Fsp3) is 0.636. The van der Waals surface area contributed by atoms with Gasteiger partial charge in [-0.1, -0.05) is 0 Å². The molecule has 1 aromatic rings. The average molecular weight is 257 g/mol. The molecule has 1 rings (SSSR count). The molecule has 0 fully saturated rings. The SMILES string of the molecule is Cc1nc(CCNC(=O)N(C)C(C)CO)cs1. The van der Waals surface area contributed by atoms with E-state index in [1.54, 1.807) is 25.3 Å². The molecule has 1 heterocycles. The summed E-state index contributed by atoms with van der Waals surface area (Å²) in [6, 6.07) is -0.338. The molecule has 2 N–H and O–H groups in total. The van der Waals surface area contributed by atoms with Crippen LogP contribution >= 0.6 is 11.3 Å². The van der Waals surface area contributed by atoms with Crippen LogP contribution in [0.15, 0.2) is 5.38 Å². The van der Waals surface area contributed by atoms with Crippen LogP contribution in [-0.2, 0) is 6.42 Å². The van der Waals surface area contributed by atoms with E-state index in [-0.39, 0.29) is 18.7 Å². The van der Waals surface area contributed by atoms with E-state index in [9.17, 15) is 4.79 Å². The number of carbonyl (C=O) groups is 1. The molecule has 0 aliphatic carbocycles. The Morgan fingerprint density at radius 3 is 2.94 bits per heavy atom. The Morgan fingerprint density at radius 1 is 1.71 bits per heavy atom. The fourth-order valence-corrected chi connectivity index (χ4v) is 1.92. The molecule has 1 aromatic heterocycles. The van der Waals surface area contributed by atoms with E-state index in [1.807, 2.05) is 12.3 Å². The summed E-state index contributed by atoms with van der Waals surface area (Å²) < 4.78 is 0. The van der Waals surface area contributed by atoms with E-state index in [0.29, 0.717) is 6.54 Å². The maximum absolute atomic E-state index is 11.6. The van der Waals surface area contributed by atoms with E-state index in [0.717, 1.165) is 17.1 Å². The Labute approximate surface area is 105 Å². The second-order valence-corrected chi connectivity index (χ2v) is 5.04. The summed E-state index contributed by atoms with van der Waals surface area (Å²) >= 11 is 1.61. The number of rotatable bonds is 5. The molecule has 0 saturated heterocycles. The third kappa shape index (κ3) is 4.32. The standard InChI is InChI=1S/C11H19N3O2S/c1-8(6-15)14(3)11(16)12-5-4-10-7-17-9(2)13-10/h7-8,15H,4-6H2,1-3H3,(H,12,16). The zero-order valence-corrected chi connectivity index (χ0v) is 11.3. The van der Waals surface area contributed by atoms with Gasteiger partial charge in [-0.05, 0) is 13.8 Å². The summed E-state index contributed by atoms with van der Waals surface area (Å²) in [5.41, 5.74) is 1.01. The van der Waals surface area contributed by atoms with Crippen molar-refractivity contribution in [2.45, 2.75) is 26.3 Å². The highest BCUT2D eigenvalue weighted by Crippen LogP contribution is 2.07. The fourth-order valence-electron chi connectivity index (χ4n) is 1.27. The van der Waals surface area contributed by atoms with Crippen molar-refractivity contribution in [3.8, 4) is 0 Å². The van der Waals surface area contributed by atoms with Crippen molar-refractivity contribution < 1.29 is 9.90 Å². The molecule has 6 heteroatoms. The molecule has 17 heavy (non-hydrogen) atoms. The third-order valence-electron chi connectivity index (χ3n) is 2.57. The smallest absolute Gasteiger partial charge is 0.317 e. The lowest BCUT2D eigenvalue weighted by atomic mass is 10.3. The van der Waals surface area contributed by atoms with E-state index < -0.39 is 0 Å². The maximum atomic E-state index is 11.6. The number of hydrogen-bond acceptors (Lipinski definition) is 4. The van der Waals surface area contributed by atoms with E-state index >= 15 is 0 Å². The summed E-state index contributed by atoms with van der Waals surface area (Å²) in [7, 11) is 1.67. The minimum absolute atomic E-state index is 0.0325. The van der Waals surface area contributed by atoms with Gasteiger partial charge in [-0.3, -0.25) is 0 Å². The average Bonchev–Trinajstić information content (AvgIpc) is 2.72. The molecule has 0 aliphatic rings. The number of carbonyl (C=O) groups excluding carboxylic acids is 1. The summed E-state index contributed by atoms with van der Waals surface area (Å²) in [4.78, 5) is 17.4. The topological polar surface area (TPSA) is 65.5 Å². The van der Waals surface area contributed by atoms with Crippen LogP contribution in [0.2, 0.25) is 0 Å². The molecule has 0 radical (unpaired) electrons. The van der Waals surface area contributed by atoms with Gasteiger partial charge in [0.15, 0.2) is 0 Å². The first kappa shape index (κ1) is 13.9. The second kappa shape index (κ2) is 6.56. The van der Waals surface area contributed by atoms with Gasteiger partial charge in [-0.15, -0.1) is 11.3 Å². The Bertz CT molecular complexity index is 367. The van der Waals surface area contributed by atoms with Gasteiger partial charge in [0.05, 0.1) is 23.4 Å². The summed E-state index contributed by atoms with van der Waals surface area (Å²) in [6.07, 6.45) is 0.734. The number of aliphatic hydroxyl groups is 1. The van der Waals surface area contributed by atoms with Crippen molar-refractivity contribution in [1.29, 1.82) is 0 Å². The number of aryl methyl sites for hydroxylation is 1. The van der Waals surface area contributed by atoms with Crippen molar-refractivity contribution >= 4 is 17.4 Å². The van der Waals surface area contributed by atoms with E-state index in [4.69, 9.17) is 5.11 Å².